The number of ether oxygens (including phenoxy) is 1. The normalized spacial score (nSPS) is 12.5. The van der Waals surface area contributed by atoms with Gasteiger partial charge < -0.3 is 10.1 Å². The van der Waals surface area contributed by atoms with Crippen molar-refractivity contribution in [3.05, 3.63) is 28.7 Å². The van der Waals surface area contributed by atoms with Gasteiger partial charge in [-0.05, 0) is 37.7 Å². The largest absolute Gasteiger partial charge is 0.489 e. The van der Waals surface area contributed by atoms with E-state index in [0.717, 1.165) is 23.2 Å². The van der Waals surface area contributed by atoms with Gasteiger partial charge in [0.1, 0.15) is 11.9 Å². The molecule has 0 aromatic heterocycles. The van der Waals surface area contributed by atoms with Gasteiger partial charge in [0.2, 0.25) is 0 Å². The summed E-state index contributed by atoms with van der Waals surface area (Å²) in [7, 11) is 1.94. The fourth-order valence-electron chi connectivity index (χ4n) is 1.20. The second kappa shape index (κ2) is 6.04. The molecule has 0 aliphatic rings. The highest BCUT2D eigenvalue weighted by Crippen LogP contribution is 2.17. The fraction of sp³-hybridized carbons (Fsp3) is 0.455. The predicted octanol–water partition coefficient (Wildman–Crippen LogP) is 2.83. The molecule has 0 fully saturated rings. The zero-order valence-corrected chi connectivity index (χ0v) is 10.2. The Labute approximate surface area is 93.8 Å². The Bertz CT molecular complexity index is 260. The van der Waals surface area contributed by atoms with Crippen molar-refractivity contribution in [3.63, 3.8) is 0 Å². The molecule has 0 saturated carbocycles. The van der Waals surface area contributed by atoms with Gasteiger partial charge in [-0.3, -0.25) is 0 Å². The van der Waals surface area contributed by atoms with Crippen molar-refractivity contribution in [1.82, 2.24) is 5.32 Å². The van der Waals surface area contributed by atoms with Crippen LogP contribution in [0.3, 0.4) is 0 Å². The first-order valence-electron chi connectivity index (χ1n) is 4.83. The van der Waals surface area contributed by atoms with E-state index in [1.807, 2.05) is 31.3 Å². The average Bonchev–Trinajstić information content (AvgIpc) is 2.20. The van der Waals surface area contributed by atoms with Crippen LogP contribution in [0.1, 0.15) is 13.3 Å². The third-order valence-electron chi connectivity index (χ3n) is 2.00. The van der Waals surface area contributed by atoms with Crippen LogP contribution in [0.4, 0.5) is 0 Å². The Hall–Kier alpha value is -0.540. The molecule has 0 aliphatic heterocycles. The van der Waals surface area contributed by atoms with E-state index in [9.17, 15) is 0 Å². The molecule has 78 valence electrons. The molecule has 0 heterocycles. The molecule has 1 rings (SSSR count). The summed E-state index contributed by atoms with van der Waals surface area (Å²) < 4.78 is 6.85. The third kappa shape index (κ3) is 3.68. The molecule has 1 aromatic carbocycles. The molecule has 14 heavy (non-hydrogen) atoms. The summed E-state index contributed by atoms with van der Waals surface area (Å²) in [6, 6.07) is 7.92. The first kappa shape index (κ1) is 11.5. The lowest BCUT2D eigenvalue weighted by Crippen LogP contribution is -2.28. The van der Waals surface area contributed by atoms with Crippen LogP contribution in [0.15, 0.2) is 28.7 Å². The molecule has 1 aromatic rings. The minimum Gasteiger partial charge on any atom is -0.489 e. The van der Waals surface area contributed by atoms with Gasteiger partial charge in [0.25, 0.3) is 0 Å². The quantitative estimate of drug-likeness (QED) is 0.876. The summed E-state index contributed by atoms with van der Waals surface area (Å²) in [4.78, 5) is 0. The van der Waals surface area contributed by atoms with E-state index in [1.165, 1.54) is 0 Å². The second-order valence-corrected chi connectivity index (χ2v) is 4.08. The third-order valence-corrected chi connectivity index (χ3v) is 2.53. The van der Waals surface area contributed by atoms with Gasteiger partial charge in [-0.1, -0.05) is 22.9 Å². The average molecular weight is 258 g/mol. The van der Waals surface area contributed by atoms with Crippen molar-refractivity contribution >= 4 is 15.9 Å². The Morgan fingerprint density at radius 3 is 2.50 bits per heavy atom. The first-order chi connectivity index (χ1) is 6.76. The predicted molar refractivity (Wildman–Crippen MR) is 62.8 cm³/mol. The Morgan fingerprint density at radius 1 is 1.36 bits per heavy atom. The van der Waals surface area contributed by atoms with E-state index >= 15 is 0 Å². The van der Waals surface area contributed by atoms with Crippen LogP contribution in [0.5, 0.6) is 5.75 Å². The molecule has 0 bridgehead atoms. The molecule has 0 saturated heterocycles. The summed E-state index contributed by atoms with van der Waals surface area (Å²) in [5.74, 6) is 0.926. The number of nitrogens with one attached hydrogen (secondary N) is 1. The van der Waals surface area contributed by atoms with Crippen LogP contribution >= 0.6 is 15.9 Å². The zero-order valence-electron chi connectivity index (χ0n) is 8.59. The highest BCUT2D eigenvalue weighted by atomic mass is 79.9. The van der Waals surface area contributed by atoms with Crippen molar-refractivity contribution in [2.45, 2.75) is 19.4 Å². The van der Waals surface area contributed by atoms with Gasteiger partial charge in [0.05, 0.1) is 0 Å². The maximum Gasteiger partial charge on any atom is 0.119 e. The number of halogens is 1. The van der Waals surface area contributed by atoms with Crippen LogP contribution in [0, 0.1) is 0 Å². The number of hydrogen-bond donors (Lipinski definition) is 1. The van der Waals surface area contributed by atoms with Gasteiger partial charge in [-0.15, -0.1) is 0 Å². The van der Waals surface area contributed by atoms with Gasteiger partial charge in [-0.2, -0.15) is 0 Å². The number of hydrogen-bond acceptors (Lipinski definition) is 2. The monoisotopic (exact) mass is 257 g/mol. The molecule has 3 heteroatoms. The van der Waals surface area contributed by atoms with Crippen molar-refractivity contribution in [2.75, 3.05) is 13.6 Å². The number of rotatable bonds is 5. The molecule has 1 atom stereocenters. The van der Waals surface area contributed by atoms with E-state index in [2.05, 4.69) is 28.2 Å². The molecule has 1 unspecified atom stereocenters. The maximum atomic E-state index is 5.78. The molecule has 0 spiro atoms. The zero-order chi connectivity index (χ0) is 10.4. The summed E-state index contributed by atoms with van der Waals surface area (Å²) in [5.41, 5.74) is 0. The summed E-state index contributed by atoms with van der Waals surface area (Å²) in [6.07, 6.45) is 1.26. The van der Waals surface area contributed by atoms with Crippen LogP contribution in [0.2, 0.25) is 0 Å². The topological polar surface area (TPSA) is 21.3 Å². The van der Waals surface area contributed by atoms with Gasteiger partial charge in [0.15, 0.2) is 0 Å². The molecule has 0 aliphatic carbocycles. The van der Waals surface area contributed by atoms with Crippen LogP contribution in [-0.4, -0.2) is 19.7 Å². The minimum atomic E-state index is 0.251. The summed E-state index contributed by atoms with van der Waals surface area (Å²) in [6.45, 7) is 3.01. The van der Waals surface area contributed by atoms with E-state index < -0.39 is 0 Å². The van der Waals surface area contributed by atoms with Crippen molar-refractivity contribution in [1.29, 1.82) is 0 Å². The summed E-state index contributed by atoms with van der Waals surface area (Å²) in [5, 5.41) is 3.12. The standard InChI is InChI=1S/C11H16BrNO/c1-3-10(8-13-2)14-11-6-4-9(12)5-7-11/h4-7,10,13H,3,8H2,1-2H3. The van der Waals surface area contributed by atoms with E-state index in [-0.39, 0.29) is 6.10 Å². The Kier molecular flexibility index (Phi) is 4.98. The van der Waals surface area contributed by atoms with Gasteiger partial charge in [-0.25, -0.2) is 0 Å². The highest BCUT2D eigenvalue weighted by molar-refractivity contribution is 9.10. The number of benzene rings is 1. The Balaban J connectivity index is 2.53. The van der Waals surface area contributed by atoms with Gasteiger partial charge in [0, 0.05) is 11.0 Å². The van der Waals surface area contributed by atoms with Crippen LogP contribution in [0.25, 0.3) is 0 Å². The lowest BCUT2D eigenvalue weighted by molar-refractivity contribution is 0.196. The van der Waals surface area contributed by atoms with Crippen molar-refractivity contribution < 1.29 is 4.74 Å². The summed E-state index contributed by atoms with van der Waals surface area (Å²) >= 11 is 3.39. The van der Waals surface area contributed by atoms with Crippen molar-refractivity contribution in [2.24, 2.45) is 0 Å². The molecular weight excluding hydrogens is 242 g/mol. The van der Waals surface area contributed by atoms with Crippen molar-refractivity contribution in [3.8, 4) is 5.75 Å². The lowest BCUT2D eigenvalue weighted by atomic mass is 10.2. The molecular formula is C11H16BrNO. The second-order valence-electron chi connectivity index (χ2n) is 3.16. The number of likely N-dealkylation sites (N-methyl/N-ethyl adjacent to an activating group) is 1. The SMILES string of the molecule is CCC(CNC)Oc1ccc(Br)cc1. The first-order valence-corrected chi connectivity index (χ1v) is 5.62. The maximum absolute atomic E-state index is 5.78. The Morgan fingerprint density at radius 2 is 2.00 bits per heavy atom. The smallest absolute Gasteiger partial charge is 0.119 e. The van der Waals surface area contributed by atoms with E-state index in [4.69, 9.17) is 4.74 Å². The molecule has 0 radical (unpaired) electrons. The molecule has 0 amide bonds. The van der Waals surface area contributed by atoms with Gasteiger partial charge >= 0.3 is 0 Å². The minimum absolute atomic E-state index is 0.251. The van der Waals surface area contributed by atoms with E-state index in [1.54, 1.807) is 0 Å². The van der Waals surface area contributed by atoms with Crippen LogP contribution < -0.4 is 10.1 Å². The molecule has 1 N–H and O–H groups in total. The highest BCUT2D eigenvalue weighted by Gasteiger charge is 2.05. The van der Waals surface area contributed by atoms with Crippen LogP contribution in [-0.2, 0) is 0 Å². The van der Waals surface area contributed by atoms with E-state index in [0.29, 0.717) is 0 Å². The fourth-order valence-corrected chi connectivity index (χ4v) is 1.47. The molecule has 2 nitrogen and oxygen atoms in total. The lowest BCUT2D eigenvalue weighted by Gasteiger charge is -2.16.